The average Bonchev–Trinajstić information content (AvgIpc) is 2.82. The molecule has 0 amide bonds. The minimum atomic E-state index is -4.35. The predicted octanol–water partition coefficient (Wildman–Crippen LogP) is 3.99. The molecule has 0 spiro atoms. The summed E-state index contributed by atoms with van der Waals surface area (Å²) in [7, 11) is 0. The lowest BCUT2D eigenvalue weighted by Crippen LogP contribution is -2.05. The summed E-state index contributed by atoms with van der Waals surface area (Å²) in [5, 5.41) is 4.64. The van der Waals surface area contributed by atoms with Crippen molar-refractivity contribution < 1.29 is 13.2 Å². The van der Waals surface area contributed by atoms with Crippen LogP contribution in [0.25, 0.3) is 5.65 Å². The van der Waals surface area contributed by atoms with Gasteiger partial charge in [-0.05, 0) is 17.7 Å². The molecule has 0 aliphatic carbocycles. The van der Waals surface area contributed by atoms with Gasteiger partial charge >= 0.3 is 6.18 Å². The highest BCUT2D eigenvalue weighted by Crippen LogP contribution is 2.30. The summed E-state index contributed by atoms with van der Waals surface area (Å²) in [6.07, 6.45) is -2.52. The molecule has 0 fully saturated rings. The maximum absolute atomic E-state index is 12.7. The second kappa shape index (κ2) is 5.04. The van der Waals surface area contributed by atoms with E-state index >= 15 is 0 Å². The van der Waals surface area contributed by atoms with Crippen LogP contribution >= 0.6 is 11.6 Å². The first-order valence-electron chi connectivity index (χ1n) is 6.09. The molecule has 0 saturated carbocycles. The van der Waals surface area contributed by atoms with Gasteiger partial charge in [-0.2, -0.15) is 18.3 Å². The van der Waals surface area contributed by atoms with Crippen molar-refractivity contribution in [1.29, 1.82) is 0 Å². The SMILES string of the molecule is FC(F)(F)c1cccc(Cc2cc3nccc(Cl)n3n2)c1. The van der Waals surface area contributed by atoms with E-state index in [2.05, 4.69) is 10.1 Å². The number of benzene rings is 1. The van der Waals surface area contributed by atoms with Crippen LogP contribution in [0.4, 0.5) is 13.2 Å². The molecular formula is C14H9ClF3N3. The molecule has 3 nitrogen and oxygen atoms in total. The Morgan fingerprint density at radius 1 is 1.14 bits per heavy atom. The fourth-order valence-corrected chi connectivity index (χ4v) is 2.25. The van der Waals surface area contributed by atoms with Crippen LogP contribution in [0.15, 0.2) is 42.6 Å². The number of halogens is 4. The molecule has 21 heavy (non-hydrogen) atoms. The second-order valence-corrected chi connectivity index (χ2v) is 4.94. The highest BCUT2D eigenvalue weighted by molar-refractivity contribution is 6.29. The van der Waals surface area contributed by atoms with Crippen LogP contribution < -0.4 is 0 Å². The monoisotopic (exact) mass is 311 g/mol. The third-order valence-electron chi connectivity index (χ3n) is 3.00. The zero-order chi connectivity index (χ0) is 15.0. The van der Waals surface area contributed by atoms with Crippen molar-refractivity contribution in [1.82, 2.24) is 14.6 Å². The molecule has 0 saturated heterocycles. The smallest absolute Gasteiger partial charge is 0.237 e. The van der Waals surface area contributed by atoms with Gasteiger partial charge in [0.1, 0.15) is 5.15 Å². The molecule has 2 heterocycles. The van der Waals surface area contributed by atoms with Crippen LogP contribution in [-0.2, 0) is 12.6 Å². The Morgan fingerprint density at radius 3 is 2.67 bits per heavy atom. The summed E-state index contributed by atoms with van der Waals surface area (Å²) in [5.41, 5.74) is 1.03. The van der Waals surface area contributed by atoms with Crippen molar-refractivity contribution in [2.75, 3.05) is 0 Å². The highest BCUT2D eigenvalue weighted by atomic mass is 35.5. The molecule has 0 radical (unpaired) electrons. The normalized spacial score (nSPS) is 12.0. The van der Waals surface area contributed by atoms with Crippen LogP contribution in [0, 0.1) is 0 Å². The minimum Gasteiger partial charge on any atom is -0.237 e. The first-order chi connectivity index (χ1) is 9.93. The van der Waals surface area contributed by atoms with Gasteiger partial charge in [0.15, 0.2) is 5.65 Å². The van der Waals surface area contributed by atoms with Gasteiger partial charge in [0, 0.05) is 18.7 Å². The summed E-state index contributed by atoms with van der Waals surface area (Å²) >= 11 is 5.97. The third-order valence-corrected chi connectivity index (χ3v) is 3.29. The Kier molecular flexibility index (Phi) is 3.33. The van der Waals surface area contributed by atoms with E-state index in [1.165, 1.54) is 10.6 Å². The number of hydrogen-bond acceptors (Lipinski definition) is 2. The fraction of sp³-hybridized carbons (Fsp3) is 0.143. The summed E-state index contributed by atoms with van der Waals surface area (Å²) in [6.45, 7) is 0. The Balaban J connectivity index is 1.93. The van der Waals surface area contributed by atoms with Gasteiger partial charge in [-0.3, -0.25) is 0 Å². The first-order valence-corrected chi connectivity index (χ1v) is 6.46. The molecule has 7 heteroatoms. The Morgan fingerprint density at radius 2 is 1.95 bits per heavy atom. The zero-order valence-electron chi connectivity index (χ0n) is 10.6. The third kappa shape index (κ3) is 2.85. The van der Waals surface area contributed by atoms with Gasteiger partial charge in [0.05, 0.1) is 11.3 Å². The number of nitrogens with zero attached hydrogens (tertiary/aromatic N) is 3. The van der Waals surface area contributed by atoms with Crippen molar-refractivity contribution in [2.45, 2.75) is 12.6 Å². The molecule has 2 aromatic heterocycles. The van der Waals surface area contributed by atoms with Crippen molar-refractivity contribution in [2.24, 2.45) is 0 Å². The van der Waals surface area contributed by atoms with E-state index in [0.717, 1.165) is 12.1 Å². The molecule has 3 aromatic rings. The Bertz CT molecular complexity index is 796. The van der Waals surface area contributed by atoms with Gasteiger partial charge in [0.2, 0.25) is 0 Å². The van der Waals surface area contributed by atoms with Crippen LogP contribution in [-0.4, -0.2) is 14.6 Å². The van der Waals surface area contributed by atoms with Crippen LogP contribution in [0.1, 0.15) is 16.8 Å². The van der Waals surface area contributed by atoms with E-state index in [9.17, 15) is 13.2 Å². The van der Waals surface area contributed by atoms with Crippen molar-refractivity contribution in [3.05, 3.63) is 64.6 Å². The molecule has 0 aliphatic rings. The number of rotatable bonds is 2. The summed E-state index contributed by atoms with van der Waals surface area (Å²) in [5.74, 6) is 0. The van der Waals surface area contributed by atoms with Crippen LogP contribution in [0.3, 0.4) is 0 Å². The molecule has 3 rings (SSSR count). The lowest BCUT2D eigenvalue weighted by molar-refractivity contribution is -0.137. The van der Waals surface area contributed by atoms with Gasteiger partial charge in [-0.15, -0.1) is 0 Å². The number of fused-ring (bicyclic) bond motifs is 1. The lowest BCUT2D eigenvalue weighted by atomic mass is 10.1. The molecule has 0 bridgehead atoms. The van der Waals surface area contributed by atoms with E-state index < -0.39 is 11.7 Å². The van der Waals surface area contributed by atoms with Gasteiger partial charge < -0.3 is 0 Å². The average molecular weight is 312 g/mol. The number of alkyl halides is 3. The molecule has 0 unspecified atom stereocenters. The van der Waals surface area contributed by atoms with Gasteiger partial charge in [-0.1, -0.05) is 29.8 Å². The maximum Gasteiger partial charge on any atom is 0.416 e. The van der Waals surface area contributed by atoms with Crippen molar-refractivity contribution in [3.63, 3.8) is 0 Å². The quantitative estimate of drug-likeness (QED) is 0.670. The topological polar surface area (TPSA) is 30.2 Å². The fourth-order valence-electron chi connectivity index (χ4n) is 2.07. The second-order valence-electron chi connectivity index (χ2n) is 4.55. The summed E-state index contributed by atoms with van der Waals surface area (Å²) in [6, 6.07) is 8.49. The van der Waals surface area contributed by atoms with E-state index in [4.69, 9.17) is 11.6 Å². The predicted molar refractivity (Wildman–Crippen MR) is 72.2 cm³/mol. The standard InChI is InChI=1S/C14H9ClF3N3/c15-12-4-5-19-13-8-11(20-21(12)13)7-9-2-1-3-10(6-9)14(16,17)18/h1-6,8H,7H2. The largest absolute Gasteiger partial charge is 0.416 e. The van der Waals surface area contributed by atoms with E-state index in [-0.39, 0.29) is 6.42 Å². The Labute approximate surface area is 123 Å². The molecular weight excluding hydrogens is 303 g/mol. The summed E-state index contributed by atoms with van der Waals surface area (Å²) in [4.78, 5) is 4.10. The molecule has 0 aliphatic heterocycles. The molecule has 0 N–H and O–H groups in total. The molecule has 0 atom stereocenters. The number of aromatic nitrogens is 3. The molecule has 108 valence electrons. The lowest BCUT2D eigenvalue weighted by Gasteiger charge is -2.07. The zero-order valence-corrected chi connectivity index (χ0v) is 11.4. The first kappa shape index (κ1) is 13.9. The van der Waals surface area contributed by atoms with E-state index in [1.807, 2.05) is 0 Å². The van der Waals surface area contributed by atoms with Gasteiger partial charge in [0.25, 0.3) is 0 Å². The van der Waals surface area contributed by atoms with Crippen LogP contribution in [0.2, 0.25) is 5.15 Å². The molecule has 1 aromatic carbocycles. The summed E-state index contributed by atoms with van der Waals surface area (Å²) < 4.78 is 39.5. The van der Waals surface area contributed by atoms with Crippen molar-refractivity contribution >= 4 is 17.2 Å². The van der Waals surface area contributed by atoms with Crippen LogP contribution in [0.5, 0.6) is 0 Å². The Hall–Kier alpha value is -2.08. The van der Waals surface area contributed by atoms with E-state index in [0.29, 0.717) is 22.1 Å². The number of hydrogen-bond donors (Lipinski definition) is 0. The van der Waals surface area contributed by atoms with Gasteiger partial charge in [-0.25, -0.2) is 9.50 Å². The van der Waals surface area contributed by atoms with E-state index in [1.54, 1.807) is 24.4 Å². The highest BCUT2D eigenvalue weighted by Gasteiger charge is 2.30. The minimum absolute atomic E-state index is 0.281. The van der Waals surface area contributed by atoms with Crippen molar-refractivity contribution in [3.8, 4) is 0 Å². The maximum atomic E-state index is 12.7.